The summed E-state index contributed by atoms with van der Waals surface area (Å²) < 4.78 is 14.6. The van der Waals surface area contributed by atoms with Crippen molar-refractivity contribution in [2.24, 2.45) is 5.41 Å². The van der Waals surface area contributed by atoms with Crippen LogP contribution in [0.5, 0.6) is 5.75 Å². The van der Waals surface area contributed by atoms with Crippen LogP contribution < -0.4 is 4.74 Å². The molecule has 1 aromatic heterocycles. The number of furan rings is 1. The number of rotatable bonds is 1. The molecular formula is C24H20Br2O3. The van der Waals surface area contributed by atoms with Gasteiger partial charge < -0.3 is 9.15 Å². The second kappa shape index (κ2) is 6.58. The third-order valence-electron chi connectivity index (χ3n) is 5.70. The molecule has 1 atom stereocenters. The van der Waals surface area contributed by atoms with Crippen LogP contribution in [0.25, 0.3) is 11.1 Å². The van der Waals surface area contributed by atoms with Gasteiger partial charge in [-0.05, 0) is 40.4 Å². The van der Waals surface area contributed by atoms with Gasteiger partial charge in [-0.3, -0.25) is 4.79 Å². The normalized spacial score (nSPS) is 19.2. The largest absolute Gasteiger partial charge is 0.476 e. The SMILES string of the molecule is Cc1ccc(C2Oc3c(Br)cc(Br)cc3-c3c2oc2c3C(=O)CC(C)(C)C2)cc1. The van der Waals surface area contributed by atoms with Crippen molar-refractivity contribution in [2.75, 3.05) is 0 Å². The molecule has 1 aliphatic carbocycles. The molecule has 2 aliphatic rings. The van der Waals surface area contributed by atoms with Crippen molar-refractivity contribution in [3.63, 3.8) is 0 Å². The minimum atomic E-state index is -0.392. The third-order valence-corrected chi connectivity index (χ3v) is 6.74. The molecule has 0 saturated heterocycles. The van der Waals surface area contributed by atoms with Crippen LogP contribution in [0.1, 0.15) is 59.4 Å². The van der Waals surface area contributed by atoms with E-state index in [2.05, 4.69) is 76.9 Å². The first kappa shape index (κ1) is 19.1. The van der Waals surface area contributed by atoms with Gasteiger partial charge >= 0.3 is 0 Å². The number of benzene rings is 2. The van der Waals surface area contributed by atoms with Crippen molar-refractivity contribution in [1.29, 1.82) is 0 Å². The molecular weight excluding hydrogens is 496 g/mol. The first-order chi connectivity index (χ1) is 13.7. The zero-order chi connectivity index (χ0) is 20.5. The lowest BCUT2D eigenvalue weighted by molar-refractivity contribution is 0.0903. The van der Waals surface area contributed by atoms with E-state index in [1.165, 1.54) is 5.56 Å². The minimum Gasteiger partial charge on any atom is -0.476 e. The number of hydrogen-bond acceptors (Lipinski definition) is 3. The molecule has 29 heavy (non-hydrogen) atoms. The van der Waals surface area contributed by atoms with Gasteiger partial charge in [0.05, 0.1) is 10.0 Å². The first-order valence-corrected chi connectivity index (χ1v) is 11.2. The van der Waals surface area contributed by atoms with E-state index in [-0.39, 0.29) is 11.2 Å². The average Bonchev–Trinajstić information content (AvgIpc) is 3.00. The van der Waals surface area contributed by atoms with Crippen LogP contribution in [0.15, 0.2) is 49.8 Å². The quantitative estimate of drug-likeness (QED) is 0.338. The molecule has 0 saturated carbocycles. The van der Waals surface area contributed by atoms with Gasteiger partial charge in [0.25, 0.3) is 0 Å². The highest BCUT2D eigenvalue weighted by molar-refractivity contribution is 9.11. The molecule has 148 valence electrons. The van der Waals surface area contributed by atoms with E-state index < -0.39 is 6.10 Å². The Labute approximate surface area is 186 Å². The molecule has 0 fully saturated rings. The Morgan fingerprint density at radius 1 is 1.03 bits per heavy atom. The summed E-state index contributed by atoms with van der Waals surface area (Å²) in [6.45, 7) is 6.29. The predicted octanol–water partition coefficient (Wildman–Crippen LogP) is 7.42. The Morgan fingerprint density at radius 3 is 2.48 bits per heavy atom. The van der Waals surface area contributed by atoms with Gasteiger partial charge in [0.2, 0.25) is 0 Å². The zero-order valence-electron chi connectivity index (χ0n) is 16.4. The van der Waals surface area contributed by atoms with Crippen molar-refractivity contribution in [2.45, 2.75) is 39.7 Å². The van der Waals surface area contributed by atoms with E-state index >= 15 is 0 Å². The van der Waals surface area contributed by atoms with E-state index in [0.717, 1.165) is 54.9 Å². The number of hydrogen-bond donors (Lipinski definition) is 0. The number of carbonyl (C=O) groups is 1. The maximum absolute atomic E-state index is 13.2. The summed E-state index contributed by atoms with van der Waals surface area (Å²) in [4.78, 5) is 13.2. The molecule has 5 heteroatoms. The number of ketones is 1. The second-order valence-corrected chi connectivity index (χ2v) is 10.5. The van der Waals surface area contributed by atoms with Gasteiger partial charge in [0.1, 0.15) is 11.5 Å². The average molecular weight is 516 g/mol. The summed E-state index contributed by atoms with van der Waals surface area (Å²) >= 11 is 7.22. The molecule has 1 aliphatic heterocycles. The summed E-state index contributed by atoms with van der Waals surface area (Å²) in [6.07, 6.45) is 0.871. The van der Waals surface area contributed by atoms with Crippen LogP contribution in [-0.2, 0) is 6.42 Å². The molecule has 2 aromatic carbocycles. The Kier molecular flexibility index (Phi) is 4.34. The topological polar surface area (TPSA) is 39.4 Å². The lowest BCUT2D eigenvalue weighted by Crippen LogP contribution is -2.26. The van der Waals surface area contributed by atoms with Crippen molar-refractivity contribution in [1.82, 2.24) is 0 Å². The highest BCUT2D eigenvalue weighted by Gasteiger charge is 2.42. The number of Topliss-reactive ketones (excluding diaryl/α,β-unsaturated/α-hetero) is 1. The monoisotopic (exact) mass is 514 g/mol. The van der Waals surface area contributed by atoms with Crippen LogP contribution in [0, 0.1) is 12.3 Å². The van der Waals surface area contributed by atoms with E-state index in [1.807, 2.05) is 12.1 Å². The van der Waals surface area contributed by atoms with E-state index in [1.54, 1.807) is 0 Å². The fraction of sp³-hybridized carbons (Fsp3) is 0.292. The van der Waals surface area contributed by atoms with Crippen LogP contribution >= 0.6 is 31.9 Å². The highest BCUT2D eigenvalue weighted by Crippen LogP contribution is 2.54. The van der Waals surface area contributed by atoms with E-state index in [0.29, 0.717) is 6.42 Å². The molecule has 2 heterocycles. The summed E-state index contributed by atoms with van der Waals surface area (Å²) in [7, 11) is 0. The summed E-state index contributed by atoms with van der Waals surface area (Å²) in [5, 5.41) is 0. The summed E-state index contributed by atoms with van der Waals surface area (Å²) in [5.41, 5.74) is 4.59. The van der Waals surface area contributed by atoms with Crippen molar-refractivity contribution < 1.29 is 13.9 Å². The van der Waals surface area contributed by atoms with E-state index in [9.17, 15) is 4.79 Å². The van der Waals surface area contributed by atoms with Gasteiger partial charge in [-0.25, -0.2) is 0 Å². The first-order valence-electron chi connectivity index (χ1n) is 9.65. The van der Waals surface area contributed by atoms with Crippen molar-refractivity contribution >= 4 is 37.6 Å². The number of aryl methyl sites for hydroxylation is 1. The minimum absolute atomic E-state index is 0.106. The Morgan fingerprint density at radius 2 is 1.76 bits per heavy atom. The van der Waals surface area contributed by atoms with Crippen molar-refractivity contribution in [3.8, 4) is 16.9 Å². The molecule has 0 N–H and O–H groups in total. The van der Waals surface area contributed by atoms with Crippen LogP contribution in [0.3, 0.4) is 0 Å². The summed E-state index contributed by atoms with van der Waals surface area (Å²) in [5.74, 6) is 2.39. The molecule has 0 bridgehead atoms. The fourth-order valence-corrected chi connectivity index (χ4v) is 5.71. The molecule has 0 amide bonds. The summed E-state index contributed by atoms with van der Waals surface area (Å²) in [6, 6.07) is 12.2. The van der Waals surface area contributed by atoms with Crippen LogP contribution in [0.4, 0.5) is 0 Å². The fourth-order valence-electron chi connectivity index (χ4n) is 4.39. The van der Waals surface area contributed by atoms with Gasteiger partial charge in [-0.15, -0.1) is 0 Å². The lowest BCUT2D eigenvalue weighted by atomic mass is 9.75. The molecule has 3 aromatic rings. The maximum Gasteiger partial charge on any atom is 0.182 e. The molecule has 3 nitrogen and oxygen atoms in total. The van der Waals surface area contributed by atoms with Crippen LogP contribution in [0.2, 0.25) is 0 Å². The number of halogens is 2. The van der Waals surface area contributed by atoms with Gasteiger partial charge in [0.15, 0.2) is 17.6 Å². The highest BCUT2D eigenvalue weighted by atomic mass is 79.9. The second-order valence-electron chi connectivity index (χ2n) is 8.75. The Balaban J connectivity index is 1.79. The smallest absolute Gasteiger partial charge is 0.182 e. The number of ether oxygens (including phenoxy) is 1. The van der Waals surface area contributed by atoms with Gasteiger partial charge in [-0.1, -0.05) is 59.6 Å². The molecule has 0 radical (unpaired) electrons. The van der Waals surface area contributed by atoms with Crippen molar-refractivity contribution in [3.05, 3.63) is 73.6 Å². The van der Waals surface area contributed by atoms with Crippen LogP contribution in [-0.4, -0.2) is 5.78 Å². The van der Waals surface area contributed by atoms with Gasteiger partial charge in [0, 0.05) is 34.0 Å². The zero-order valence-corrected chi connectivity index (χ0v) is 19.6. The molecule has 0 spiro atoms. The molecule has 5 rings (SSSR count). The van der Waals surface area contributed by atoms with E-state index in [4.69, 9.17) is 9.15 Å². The number of fused-ring (bicyclic) bond motifs is 5. The standard InChI is InChI=1S/C24H20Br2O3/c1-12-4-6-13(7-5-12)21-23-19(15-8-14(25)9-16(26)22(15)29-21)20-17(27)10-24(2,3)11-18(20)28-23/h4-9,21H,10-11H2,1-3H3. The lowest BCUT2D eigenvalue weighted by Gasteiger charge is -2.28. The van der Waals surface area contributed by atoms with Gasteiger partial charge in [-0.2, -0.15) is 0 Å². The Bertz CT molecular complexity index is 1160. The Hall–Kier alpha value is -1.85. The maximum atomic E-state index is 13.2. The predicted molar refractivity (Wildman–Crippen MR) is 120 cm³/mol. The number of carbonyl (C=O) groups excluding carboxylic acids is 1. The molecule has 1 unspecified atom stereocenters. The third kappa shape index (κ3) is 3.10.